The fourth-order valence-electron chi connectivity index (χ4n) is 6.63. The number of unbranched alkanes of at least 4 members (excludes halogenated alkanes) is 21. The average Bonchev–Trinajstić information content (AvgIpc) is 3.15. The second kappa shape index (κ2) is 39.4. The lowest BCUT2D eigenvalue weighted by atomic mass is 10.1. The zero-order valence-electron chi connectivity index (χ0n) is 37.1. The van der Waals surface area contributed by atoms with Crippen LogP contribution in [0.25, 0.3) is 0 Å². The van der Waals surface area contributed by atoms with E-state index in [1.54, 1.807) is 21.1 Å². The number of aliphatic carboxylic acids is 1. The van der Waals surface area contributed by atoms with Gasteiger partial charge in [0, 0.05) is 19.3 Å². The molecule has 0 rings (SSSR count). The Balaban J connectivity index is 4.23. The van der Waals surface area contributed by atoms with Crippen LogP contribution in [0.15, 0.2) is 36.5 Å². The molecule has 0 aliphatic rings. The van der Waals surface area contributed by atoms with Crippen molar-refractivity contribution in [2.24, 2.45) is 0 Å². The van der Waals surface area contributed by atoms with Crippen LogP contribution in [-0.4, -0.2) is 75.5 Å². The number of ether oxygens (including phenoxy) is 3. The fourth-order valence-corrected chi connectivity index (χ4v) is 6.63. The van der Waals surface area contributed by atoms with Crippen molar-refractivity contribution < 1.29 is 38.2 Å². The van der Waals surface area contributed by atoms with Crippen LogP contribution in [-0.2, 0) is 28.6 Å². The number of hydrogen-bond donors (Lipinski definition) is 0. The molecule has 0 fully saturated rings. The van der Waals surface area contributed by atoms with E-state index in [0.29, 0.717) is 19.3 Å². The number of quaternary nitrogens is 1. The number of hydrogen-bond acceptors (Lipinski definition) is 7. The van der Waals surface area contributed by atoms with Gasteiger partial charge in [-0.05, 0) is 64.2 Å². The van der Waals surface area contributed by atoms with Gasteiger partial charge >= 0.3 is 11.9 Å². The van der Waals surface area contributed by atoms with Crippen LogP contribution in [0.2, 0.25) is 0 Å². The maximum atomic E-state index is 12.7. The Morgan fingerprint density at radius 3 is 1.46 bits per heavy atom. The number of rotatable bonds is 41. The standard InChI is InChI=1S/C48H87NO7/c1-6-8-10-12-14-16-17-18-19-20-21-22-23-24-25-26-27-28-29-31-33-35-37-39-47(51)56-44(42-54-41-40-45(48(52)53)49(3,4)5)43-55-46(50)38-36-34-32-30-15-13-11-9-7-2/h21-22,24-25,30,32,44-45H,6-20,23,26-29,31,33-43H2,1-5H3/b22-21+,25-24+,32-30+. The molecule has 0 aliphatic carbocycles. The van der Waals surface area contributed by atoms with E-state index in [1.807, 2.05) is 0 Å². The molecular formula is C48H87NO7. The van der Waals surface area contributed by atoms with Crippen molar-refractivity contribution in [2.45, 2.75) is 212 Å². The minimum absolute atomic E-state index is 0.0298. The lowest BCUT2D eigenvalue weighted by molar-refractivity contribution is -0.889. The molecule has 0 heterocycles. The highest BCUT2D eigenvalue weighted by molar-refractivity contribution is 5.70. The molecule has 0 aromatic heterocycles. The third-order valence-corrected chi connectivity index (χ3v) is 10.2. The molecule has 326 valence electrons. The van der Waals surface area contributed by atoms with Gasteiger partial charge in [0.2, 0.25) is 0 Å². The van der Waals surface area contributed by atoms with E-state index in [2.05, 4.69) is 50.3 Å². The van der Waals surface area contributed by atoms with Gasteiger partial charge in [-0.1, -0.05) is 153 Å². The highest BCUT2D eigenvalue weighted by Gasteiger charge is 2.25. The first-order valence-electron chi connectivity index (χ1n) is 23.0. The molecule has 0 aliphatic heterocycles. The van der Waals surface area contributed by atoms with Crippen LogP contribution in [0.4, 0.5) is 0 Å². The summed E-state index contributed by atoms with van der Waals surface area (Å²) in [6.07, 6.45) is 44.8. The maximum Gasteiger partial charge on any atom is 0.306 e. The van der Waals surface area contributed by atoms with Crippen molar-refractivity contribution >= 4 is 17.9 Å². The van der Waals surface area contributed by atoms with Crippen LogP contribution in [0.1, 0.15) is 200 Å². The zero-order valence-corrected chi connectivity index (χ0v) is 37.1. The van der Waals surface area contributed by atoms with E-state index in [-0.39, 0.29) is 42.7 Å². The Morgan fingerprint density at radius 2 is 0.964 bits per heavy atom. The van der Waals surface area contributed by atoms with Crippen LogP contribution < -0.4 is 5.11 Å². The highest BCUT2D eigenvalue weighted by atomic mass is 16.6. The summed E-state index contributed by atoms with van der Waals surface area (Å²) in [5.41, 5.74) is 0. The molecule has 2 atom stereocenters. The SMILES string of the molecule is CCCCCC/C=C/CCCC(=O)OCC(COCCC(C(=O)[O-])[N+](C)(C)C)OC(=O)CCCCCCCCC/C=C/C/C=C/CCCCCCCCCCC. The smallest absolute Gasteiger partial charge is 0.306 e. The molecule has 8 heteroatoms. The predicted molar refractivity (Wildman–Crippen MR) is 231 cm³/mol. The summed E-state index contributed by atoms with van der Waals surface area (Å²) in [6, 6.07) is -0.729. The molecular weight excluding hydrogens is 703 g/mol. The van der Waals surface area contributed by atoms with Gasteiger partial charge in [-0.25, -0.2) is 0 Å². The molecule has 0 aromatic rings. The Labute approximate surface area is 344 Å². The molecule has 2 unspecified atom stereocenters. The Bertz CT molecular complexity index is 1020. The van der Waals surface area contributed by atoms with Crippen molar-refractivity contribution in [3.63, 3.8) is 0 Å². The van der Waals surface area contributed by atoms with Crippen LogP contribution in [0.5, 0.6) is 0 Å². The first-order chi connectivity index (χ1) is 27.1. The maximum absolute atomic E-state index is 12.7. The Hall–Kier alpha value is -2.45. The van der Waals surface area contributed by atoms with Gasteiger partial charge in [0.05, 0.1) is 40.3 Å². The van der Waals surface area contributed by atoms with Crippen molar-refractivity contribution in [3.8, 4) is 0 Å². The van der Waals surface area contributed by atoms with Gasteiger partial charge in [0.1, 0.15) is 12.6 Å². The summed E-state index contributed by atoms with van der Waals surface area (Å²) in [7, 11) is 5.39. The van der Waals surface area contributed by atoms with E-state index in [0.717, 1.165) is 44.9 Å². The first-order valence-corrected chi connectivity index (χ1v) is 23.0. The fraction of sp³-hybridized carbons (Fsp3) is 0.812. The predicted octanol–water partition coefficient (Wildman–Crippen LogP) is 11.3. The second-order valence-corrected chi connectivity index (χ2v) is 16.6. The molecule has 0 bridgehead atoms. The molecule has 8 nitrogen and oxygen atoms in total. The Kier molecular flexibility index (Phi) is 37.7. The lowest BCUT2D eigenvalue weighted by Gasteiger charge is -2.34. The van der Waals surface area contributed by atoms with E-state index in [9.17, 15) is 19.5 Å². The molecule has 0 saturated carbocycles. The molecule has 0 radical (unpaired) electrons. The second-order valence-electron chi connectivity index (χ2n) is 16.6. The number of carbonyl (C=O) groups is 3. The minimum Gasteiger partial charge on any atom is -0.544 e. The van der Waals surface area contributed by atoms with Gasteiger partial charge < -0.3 is 28.6 Å². The lowest BCUT2D eigenvalue weighted by Crippen LogP contribution is -2.55. The van der Waals surface area contributed by atoms with Crippen molar-refractivity contribution in [1.82, 2.24) is 0 Å². The number of nitrogens with zero attached hydrogens (tertiary/aromatic N) is 1. The molecule has 0 aromatic carbocycles. The summed E-state index contributed by atoms with van der Waals surface area (Å²) in [4.78, 5) is 36.7. The van der Waals surface area contributed by atoms with E-state index >= 15 is 0 Å². The average molecular weight is 790 g/mol. The number of likely N-dealkylation sites (N-methyl/N-ethyl adjacent to an activating group) is 1. The third kappa shape index (κ3) is 37.1. The summed E-state index contributed by atoms with van der Waals surface area (Å²) in [6.45, 7) is 4.59. The van der Waals surface area contributed by atoms with Gasteiger partial charge in [-0.15, -0.1) is 0 Å². The normalized spacial score (nSPS) is 13.2. The van der Waals surface area contributed by atoms with Crippen molar-refractivity contribution in [3.05, 3.63) is 36.5 Å². The van der Waals surface area contributed by atoms with Crippen LogP contribution in [0.3, 0.4) is 0 Å². The van der Waals surface area contributed by atoms with E-state index in [1.165, 1.54) is 116 Å². The number of carboxylic acid groups (broad SMARTS) is 1. The number of allylic oxidation sites excluding steroid dienone is 6. The monoisotopic (exact) mass is 790 g/mol. The number of carboxylic acids is 1. The van der Waals surface area contributed by atoms with E-state index in [4.69, 9.17) is 14.2 Å². The quantitative estimate of drug-likeness (QED) is 0.0263. The summed E-state index contributed by atoms with van der Waals surface area (Å²) in [5.74, 6) is -1.79. The zero-order chi connectivity index (χ0) is 41.4. The summed E-state index contributed by atoms with van der Waals surface area (Å²) in [5, 5.41) is 11.6. The van der Waals surface area contributed by atoms with Crippen LogP contribution in [0, 0.1) is 0 Å². The van der Waals surface area contributed by atoms with Gasteiger partial charge in [-0.3, -0.25) is 9.59 Å². The highest BCUT2D eigenvalue weighted by Crippen LogP contribution is 2.14. The van der Waals surface area contributed by atoms with E-state index < -0.39 is 18.1 Å². The topological polar surface area (TPSA) is 102 Å². The summed E-state index contributed by atoms with van der Waals surface area (Å²) < 4.78 is 17.1. The van der Waals surface area contributed by atoms with Crippen molar-refractivity contribution in [1.29, 1.82) is 0 Å². The molecule has 0 amide bonds. The summed E-state index contributed by atoms with van der Waals surface area (Å²) >= 11 is 0. The first kappa shape index (κ1) is 53.6. The Morgan fingerprint density at radius 1 is 0.536 bits per heavy atom. The van der Waals surface area contributed by atoms with Gasteiger partial charge in [0.15, 0.2) is 6.10 Å². The van der Waals surface area contributed by atoms with Crippen molar-refractivity contribution in [2.75, 3.05) is 41.0 Å². The number of esters is 2. The van der Waals surface area contributed by atoms with Crippen LogP contribution >= 0.6 is 0 Å². The largest absolute Gasteiger partial charge is 0.544 e. The van der Waals surface area contributed by atoms with Gasteiger partial charge in [-0.2, -0.15) is 0 Å². The molecule has 56 heavy (non-hydrogen) atoms. The number of carbonyl (C=O) groups excluding carboxylic acids is 3. The van der Waals surface area contributed by atoms with Gasteiger partial charge in [0.25, 0.3) is 0 Å². The minimum atomic E-state index is -1.13. The third-order valence-electron chi connectivity index (χ3n) is 10.2. The molecule has 0 saturated heterocycles. The molecule has 0 spiro atoms. The molecule has 0 N–H and O–H groups in total.